The van der Waals surface area contributed by atoms with Crippen molar-refractivity contribution >= 4 is 23.5 Å². The number of amides is 2. The fraction of sp³-hybridized carbons (Fsp3) is 0.312. The molecule has 5 nitrogen and oxygen atoms in total. The van der Waals surface area contributed by atoms with Crippen LogP contribution in [0.2, 0.25) is 0 Å². The lowest BCUT2D eigenvalue weighted by Crippen LogP contribution is -2.44. The van der Waals surface area contributed by atoms with Crippen LogP contribution in [0.15, 0.2) is 42.5 Å². The van der Waals surface area contributed by atoms with Crippen LogP contribution in [0.3, 0.4) is 0 Å². The average Bonchev–Trinajstić information content (AvgIpc) is 2.48. The minimum absolute atomic E-state index is 0.412. The molecule has 5 heteroatoms. The number of rotatable bonds is 3. The van der Waals surface area contributed by atoms with Gasteiger partial charge in [0.25, 0.3) is 0 Å². The van der Waals surface area contributed by atoms with Gasteiger partial charge in [-0.2, -0.15) is 0 Å². The molecule has 0 heterocycles. The number of carboxylic acids is 1. The van der Waals surface area contributed by atoms with E-state index in [1.54, 1.807) is 36.4 Å². The Labute approximate surface area is 122 Å². The summed E-state index contributed by atoms with van der Waals surface area (Å²) in [5.74, 6) is -3.50. The Kier molecular flexibility index (Phi) is 4.52. The van der Waals surface area contributed by atoms with E-state index >= 15 is 0 Å². The average molecular weight is 287 g/mol. The summed E-state index contributed by atoms with van der Waals surface area (Å²) in [4.78, 5) is 36.9. The van der Waals surface area contributed by atoms with E-state index in [0.717, 1.165) is 4.90 Å². The normalized spacial score (nSPS) is 20.8. The van der Waals surface area contributed by atoms with Gasteiger partial charge in [-0.3, -0.25) is 19.3 Å². The Morgan fingerprint density at radius 3 is 2.43 bits per heavy atom. The second kappa shape index (κ2) is 6.35. The van der Waals surface area contributed by atoms with Gasteiger partial charge in [0.2, 0.25) is 11.8 Å². The molecule has 0 fully saturated rings. The molecule has 0 saturated carbocycles. The van der Waals surface area contributed by atoms with Gasteiger partial charge in [-0.05, 0) is 25.0 Å². The Balaban J connectivity index is 2.33. The van der Waals surface area contributed by atoms with E-state index in [2.05, 4.69) is 0 Å². The molecule has 2 amide bonds. The molecule has 110 valence electrons. The van der Waals surface area contributed by atoms with Crippen LogP contribution in [-0.2, 0) is 14.4 Å². The highest BCUT2D eigenvalue weighted by Gasteiger charge is 2.37. The molecule has 0 spiro atoms. The maximum absolute atomic E-state index is 12.7. The number of anilines is 1. The van der Waals surface area contributed by atoms with Crippen LogP contribution in [0.5, 0.6) is 0 Å². The molecule has 0 aromatic heterocycles. The molecule has 0 aliphatic heterocycles. The number of para-hydroxylation sites is 1. The Bertz CT molecular complexity index is 579. The Hall–Kier alpha value is -2.43. The number of aliphatic carboxylic acids is 1. The monoisotopic (exact) mass is 287 g/mol. The zero-order valence-corrected chi connectivity index (χ0v) is 11.7. The second-order valence-corrected chi connectivity index (χ2v) is 5.00. The van der Waals surface area contributed by atoms with Crippen molar-refractivity contribution in [1.29, 1.82) is 0 Å². The minimum atomic E-state index is -1.04. The van der Waals surface area contributed by atoms with Gasteiger partial charge >= 0.3 is 5.97 Å². The Morgan fingerprint density at radius 1 is 1.19 bits per heavy atom. The number of carbonyl (C=O) groups excluding carboxylic acids is 2. The van der Waals surface area contributed by atoms with Gasteiger partial charge in [0.1, 0.15) is 0 Å². The number of benzene rings is 1. The first-order valence-electron chi connectivity index (χ1n) is 6.81. The van der Waals surface area contributed by atoms with E-state index < -0.39 is 29.6 Å². The predicted molar refractivity (Wildman–Crippen MR) is 77.6 cm³/mol. The van der Waals surface area contributed by atoms with Crippen molar-refractivity contribution in [2.75, 3.05) is 4.90 Å². The molecule has 2 unspecified atom stereocenters. The number of hydrogen-bond acceptors (Lipinski definition) is 3. The quantitative estimate of drug-likeness (QED) is 0.865. The van der Waals surface area contributed by atoms with Gasteiger partial charge < -0.3 is 5.11 Å². The maximum atomic E-state index is 12.7. The van der Waals surface area contributed by atoms with Crippen LogP contribution in [0.1, 0.15) is 19.8 Å². The van der Waals surface area contributed by atoms with Crippen LogP contribution in [0, 0.1) is 11.8 Å². The van der Waals surface area contributed by atoms with Crippen LogP contribution in [0.25, 0.3) is 0 Å². The highest BCUT2D eigenvalue weighted by atomic mass is 16.4. The third-order valence-corrected chi connectivity index (χ3v) is 3.57. The third-order valence-electron chi connectivity index (χ3n) is 3.57. The fourth-order valence-electron chi connectivity index (χ4n) is 2.57. The first-order chi connectivity index (χ1) is 10.0. The van der Waals surface area contributed by atoms with Gasteiger partial charge in [0.15, 0.2) is 0 Å². The first-order valence-corrected chi connectivity index (χ1v) is 6.81. The number of carboxylic acid groups (broad SMARTS) is 1. The summed E-state index contributed by atoms with van der Waals surface area (Å²) >= 11 is 0. The van der Waals surface area contributed by atoms with E-state index in [1.807, 2.05) is 0 Å². The molecule has 1 aromatic carbocycles. The highest BCUT2D eigenvalue weighted by molar-refractivity contribution is 6.15. The molecule has 1 aromatic rings. The molecule has 1 aliphatic rings. The van der Waals surface area contributed by atoms with Crippen LogP contribution >= 0.6 is 0 Å². The lowest BCUT2D eigenvalue weighted by atomic mass is 9.83. The van der Waals surface area contributed by atoms with Gasteiger partial charge in [-0.1, -0.05) is 30.4 Å². The zero-order chi connectivity index (χ0) is 15.4. The summed E-state index contributed by atoms with van der Waals surface area (Å²) in [6, 6.07) is 8.57. The maximum Gasteiger partial charge on any atom is 0.311 e. The highest BCUT2D eigenvalue weighted by Crippen LogP contribution is 2.29. The fourth-order valence-corrected chi connectivity index (χ4v) is 2.57. The third kappa shape index (κ3) is 3.18. The van der Waals surface area contributed by atoms with E-state index in [9.17, 15) is 19.5 Å². The van der Waals surface area contributed by atoms with Gasteiger partial charge in [-0.15, -0.1) is 0 Å². The second-order valence-electron chi connectivity index (χ2n) is 5.00. The van der Waals surface area contributed by atoms with Crippen molar-refractivity contribution < 1.29 is 19.5 Å². The number of imide groups is 1. The van der Waals surface area contributed by atoms with Crippen molar-refractivity contribution in [1.82, 2.24) is 0 Å². The zero-order valence-electron chi connectivity index (χ0n) is 11.7. The lowest BCUT2D eigenvalue weighted by molar-refractivity contribution is -0.145. The lowest BCUT2D eigenvalue weighted by Gasteiger charge is -2.29. The summed E-state index contributed by atoms with van der Waals surface area (Å²) < 4.78 is 0. The summed E-state index contributed by atoms with van der Waals surface area (Å²) in [5.41, 5.74) is 0.466. The van der Waals surface area contributed by atoms with E-state index in [0.29, 0.717) is 18.5 Å². The molecular weight excluding hydrogens is 270 g/mol. The topological polar surface area (TPSA) is 74.7 Å². The molecule has 1 N–H and O–H groups in total. The largest absolute Gasteiger partial charge is 0.481 e. The van der Waals surface area contributed by atoms with Crippen LogP contribution in [0.4, 0.5) is 5.69 Å². The Morgan fingerprint density at radius 2 is 1.86 bits per heavy atom. The van der Waals surface area contributed by atoms with Crippen molar-refractivity contribution in [2.45, 2.75) is 19.8 Å². The first kappa shape index (κ1) is 15.0. The molecule has 2 atom stereocenters. The van der Waals surface area contributed by atoms with Gasteiger partial charge in [0, 0.05) is 6.92 Å². The van der Waals surface area contributed by atoms with Gasteiger partial charge in [-0.25, -0.2) is 0 Å². The van der Waals surface area contributed by atoms with Crippen molar-refractivity contribution in [3.8, 4) is 0 Å². The molecule has 0 saturated heterocycles. The van der Waals surface area contributed by atoms with E-state index in [1.165, 1.54) is 13.0 Å². The number of allylic oxidation sites excluding steroid dienone is 1. The summed E-state index contributed by atoms with van der Waals surface area (Å²) in [6.07, 6.45) is 4.38. The minimum Gasteiger partial charge on any atom is -0.481 e. The van der Waals surface area contributed by atoms with Crippen molar-refractivity contribution in [2.24, 2.45) is 11.8 Å². The van der Waals surface area contributed by atoms with Crippen LogP contribution in [-0.4, -0.2) is 22.9 Å². The number of carbonyl (C=O) groups is 3. The predicted octanol–water partition coefficient (Wildman–Crippen LogP) is 2.23. The number of hydrogen-bond donors (Lipinski definition) is 1. The summed E-state index contributed by atoms with van der Waals surface area (Å²) in [7, 11) is 0. The van der Waals surface area contributed by atoms with E-state index in [4.69, 9.17) is 0 Å². The SMILES string of the molecule is CC(=O)N(C(=O)C1CCC=CC1C(=O)O)c1ccccc1. The molecule has 1 aliphatic carbocycles. The molecule has 0 bridgehead atoms. The smallest absolute Gasteiger partial charge is 0.311 e. The van der Waals surface area contributed by atoms with Crippen molar-refractivity contribution in [3.63, 3.8) is 0 Å². The van der Waals surface area contributed by atoms with Gasteiger partial charge in [0.05, 0.1) is 17.5 Å². The standard InChI is InChI=1S/C16H17NO4/c1-11(18)17(12-7-3-2-4-8-12)15(19)13-9-5-6-10-14(13)16(20)21/h2-4,6-8,10,13-14H,5,9H2,1H3,(H,20,21). The van der Waals surface area contributed by atoms with Crippen molar-refractivity contribution in [3.05, 3.63) is 42.5 Å². The summed E-state index contributed by atoms with van der Waals surface area (Å²) in [5, 5.41) is 9.24. The molecule has 0 radical (unpaired) electrons. The van der Waals surface area contributed by atoms with E-state index in [-0.39, 0.29) is 0 Å². The molecule has 2 rings (SSSR count). The van der Waals surface area contributed by atoms with Crippen LogP contribution < -0.4 is 4.90 Å². The molecular formula is C16H17NO4. The number of nitrogens with zero attached hydrogens (tertiary/aromatic N) is 1. The molecule has 21 heavy (non-hydrogen) atoms. The summed E-state index contributed by atoms with van der Waals surface area (Å²) in [6.45, 7) is 1.30.